The Balaban J connectivity index is 3.11. The molecule has 0 bridgehead atoms. The maximum atomic E-state index is 11.8. The summed E-state index contributed by atoms with van der Waals surface area (Å²) in [6.45, 7) is 6.71. The van der Waals surface area contributed by atoms with Gasteiger partial charge in [-0.15, -0.1) is 0 Å². The van der Waals surface area contributed by atoms with Crippen molar-refractivity contribution in [3.63, 3.8) is 0 Å². The monoisotopic (exact) mass is 337 g/mol. The van der Waals surface area contributed by atoms with E-state index in [2.05, 4.69) is 0 Å². The van der Waals surface area contributed by atoms with E-state index in [9.17, 15) is 14.4 Å². The summed E-state index contributed by atoms with van der Waals surface area (Å²) in [4.78, 5) is 34.5. The van der Waals surface area contributed by atoms with Gasteiger partial charge in [0.15, 0.2) is 11.5 Å². The van der Waals surface area contributed by atoms with E-state index in [0.29, 0.717) is 5.56 Å². The molecule has 0 spiro atoms. The van der Waals surface area contributed by atoms with Gasteiger partial charge in [0.2, 0.25) is 0 Å². The van der Waals surface area contributed by atoms with Gasteiger partial charge >= 0.3 is 17.9 Å². The fourth-order valence-corrected chi connectivity index (χ4v) is 1.64. The normalized spacial score (nSPS) is 12.1. The molecule has 0 radical (unpaired) electrons. The topological polar surface area (TPSA) is 116 Å². The van der Waals surface area contributed by atoms with Crippen molar-refractivity contribution >= 4 is 17.9 Å². The van der Waals surface area contributed by atoms with Crippen LogP contribution in [-0.2, 0) is 20.8 Å². The van der Waals surface area contributed by atoms with Gasteiger partial charge in [0.25, 0.3) is 0 Å². The lowest BCUT2D eigenvalue weighted by atomic mass is 10.1. The molecule has 0 saturated carbocycles. The van der Waals surface area contributed by atoms with Gasteiger partial charge in [-0.05, 0) is 24.1 Å². The van der Waals surface area contributed by atoms with E-state index >= 15 is 0 Å². The number of ether oxygens (including phenoxy) is 2. The highest BCUT2D eigenvalue weighted by Gasteiger charge is 2.19. The van der Waals surface area contributed by atoms with Gasteiger partial charge in [-0.2, -0.15) is 0 Å². The molecule has 0 aliphatic heterocycles. The van der Waals surface area contributed by atoms with Crippen molar-refractivity contribution in [2.45, 2.75) is 40.2 Å². The lowest BCUT2D eigenvalue weighted by Gasteiger charge is -2.15. The quantitative estimate of drug-likeness (QED) is 0.575. The fourth-order valence-electron chi connectivity index (χ4n) is 1.64. The fraction of sp³-hybridized carbons (Fsp3) is 0.471. The zero-order valence-electron chi connectivity index (χ0n) is 14.2. The number of rotatable bonds is 7. The molecule has 7 nitrogen and oxygen atoms in total. The molecule has 0 saturated heterocycles. The van der Waals surface area contributed by atoms with Crippen LogP contribution >= 0.6 is 0 Å². The number of hydrogen-bond acceptors (Lipinski definition) is 6. The second-order valence-corrected chi connectivity index (χ2v) is 6.08. The molecule has 24 heavy (non-hydrogen) atoms. The third-order valence-electron chi connectivity index (χ3n) is 3.14. The summed E-state index contributed by atoms with van der Waals surface area (Å²) in [7, 11) is 0. The van der Waals surface area contributed by atoms with Crippen molar-refractivity contribution < 1.29 is 29.0 Å². The van der Waals surface area contributed by atoms with Crippen LogP contribution in [0.15, 0.2) is 18.2 Å². The summed E-state index contributed by atoms with van der Waals surface area (Å²) in [5.74, 6) is -2.63. The van der Waals surface area contributed by atoms with Crippen LogP contribution in [0.3, 0.4) is 0 Å². The Morgan fingerprint density at radius 1 is 1.00 bits per heavy atom. The molecule has 0 unspecified atom stereocenters. The van der Waals surface area contributed by atoms with Gasteiger partial charge in [-0.1, -0.05) is 33.8 Å². The van der Waals surface area contributed by atoms with Gasteiger partial charge in [0, 0.05) is 0 Å². The number of hydrogen-bond donors (Lipinski definition) is 2. The third-order valence-corrected chi connectivity index (χ3v) is 3.14. The lowest BCUT2D eigenvalue weighted by molar-refractivity contribution is -0.140. The van der Waals surface area contributed by atoms with E-state index in [0.717, 1.165) is 0 Å². The van der Waals surface area contributed by atoms with E-state index in [1.807, 2.05) is 0 Å². The van der Waals surface area contributed by atoms with Crippen LogP contribution in [-0.4, -0.2) is 29.1 Å². The van der Waals surface area contributed by atoms with Gasteiger partial charge < -0.3 is 20.3 Å². The van der Waals surface area contributed by atoms with Crippen molar-refractivity contribution in [1.29, 1.82) is 0 Å². The Bertz CT molecular complexity index is 624. The minimum Gasteiger partial charge on any atom is -0.480 e. The van der Waals surface area contributed by atoms with E-state index in [1.54, 1.807) is 33.8 Å². The number of carboxylic acid groups (broad SMARTS) is 1. The van der Waals surface area contributed by atoms with Gasteiger partial charge in [-0.3, -0.25) is 14.4 Å². The Morgan fingerprint density at radius 2 is 1.50 bits per heavy atom. The Hall–Kier alpha value is -2.41. The molecule has 1 rings (SSSR count). The van der Waals surface area contributed by atoms with E-state index in [1.165, 1.54) is 12.1 Å². The molecular weight excluding hydrogens is 314 g/mol. The summed E-state index contributed by atoms with van der Waals surface area (Å²) in [6.07, 6.45) is 0.0555. The van der Waals surface area contributed by atoms with Crippen molar-refractivity contribution in [2.75, 3.05) is 0 Å². The molecule has 0 fully saturated rings. The van der Waals surface area contributed by atoms with Crippen molar-refractivity contribution in [2.24, 2.45) is 17.6 Å². The van der Waals surface area contributed by atoms with Crippen LogP contribution in [0.5, 0.6) is 11.5 Å². The van der Waals surface area contributed by atoms with Crippen LogP contribution in [0.25, 0.3) is 0 Å². The molecule has 1 atom stereocenters. The second-order valence-electron chi connectivity index (χ2n) is 6.08. The molecule has 0 aliphatic rings. The van der Waals surface area contributed by atoms with Gasteiger partial charge in [-0.25, -0.2) is 0 Å². The first kappa shape index (κ1) is 19.6. The highest BCUT2D eigenvalue weighted by molar-refractivity contribution is 5.78. The predicted octanol–water partition coefficient (Wildman–Crippen LogP) is 1.76. The van der Waals surface area contributed by atoms with Crippen LogP contribution in [0.4, 0.5) is 0 Å². The second kappa shape index (κ2) is 8.44. The number of carbonyl (C=O) groups is 3. The molecule has 0 amide bonds. The molecule has 0 heterocycles. The van der Waals surface area contributed by atoms with E-state index in [-0.39, 0.29) is 29.8 Å². The molecule has 1 aromatic carbocycles. The first-order chi connectivity index (χ1) is 11.1. The maximum Gasteiger partial charge on any atom is 0.320 e. The van der Waals surface area contributed by atoms with Gasteiger partial charge in [0.1, 0.15) is 6.04 Å². The summed E-state index contributed by atoms with van der Waals surface area (Å²) in [6, 6.07) is 3.43. The Kier molecular flexibility index (Phi) is 6.91. The lowest BCUT2D eigenvalue weighted by Crippen LogP contribution is -2.32. The average molecular weight is 337 g/mol. The largest absolute Gasteiger partial charge is 0.480 e. The zero-order chi connectivity index (χ0) is 18.4. The SMILES string of the molecule is CC(C)C(=O)Oc1ccc(C[C@H](N)C(=O)O)cc1OC(=O)C(C)C. The zero-order valence-corrected chi connectivity index (χ0v) is 14.2. The molecule has 1 aromatic rings. The smallest absolute Gasteiger partial charge is 0.320 e. The highest BCUT2D eigenvalue weighted by Crippen LogP contribution is 2.30. The maximum absolute atomic E-state index is 11.8. The summed E-state index contributed by atoms with van der Waals surface area (Å²) in [5, 5.41) is 8.89. The van der Waals surface area contributed by atoms with Gasteiger partial charge in [0.05, 0.1) is 11.8 Å². The predicted molar refractivity (Wildman–Crippen MR) is 86.7 cm³/mol. The molecule has 0 aliphatic carbocycles. The minimum absolute atomic E-state index is 0.0555. The van der Waals surface area contributed by atoms with Crippen molar-refractivity contribution in [3.8, 4) is 11.5 Å². The van der Waals surface area contributed by atoms with Crippen LogP contribution in [0, 0.1) is 11.8 Å². The molecule has 3 N–H and O–H groups in total. The number of benzene rings is 1. The van der Waals surface area contributed by atoms with E-state index < -0.39 is 23.9 Å². The number of carbonyl (C=O) groups excluding carboxylic acids is 2. The number of nitrogens with two attached hydrogens (primary N) is 1. The van der Waals surface area contributed by atoms with Crippen molar-refractivity contribution in [3.05, 3.63) is 23.8 Å². The molecule has 0 aromatic heterocycles. The number of aliphatic carboxylic acids is 1. The number of carboxylic acids is 1. The molecule has 7 heteroatoms. The standard InChI is InChI=1S/C17H23NO6/c1-9(2)16(21)23-13-6-5-11(7-12(18)15(19)20)8-14(13)24-17(22)10(3)4/h5-6,8-10,12H,7,18H2,1-4H3,(H,19,20)/t12-/m0/s1. The Morgan fingerprint density at radius 3 is 1.96 bits per heavy atom. The van der Waals surface area contributed by atoms with Crippen LogP contribution < -0.4 is 15.2 Å². The highest BCUT2D eigenvalue weighted by atomic mass is 16.6. The van der Waals surface area contributed by atoms with Crippen LogP contribution in [0.2, 0.25) is 0 Å². The summed E-state index contributed by atoms with van der Waals surface area (Å²) in [5.41, 5.74) is 6.07. The third kappa shape index (κ3) is 5.66. The summed E-state index contributed by atoms with van der Waals surface area (Å²) < 4.78 is 10.5. The number of esters is 2. The molecule has 132 valence electrons. The first-order valence-electron chi connectivity index (χ1n) is 7.66. The Labute approximate surface area is 140 Å². The van der Waals surface area contributed by atoms with E-state index in [4.69, 9.17) is 20.3 Å². The molecular formula is C17H23NO6. The minimum atomic E-state index is -1.13. The first-order valence-corrected chi connectivity index (χ1v) is 7.66. The average Bonchev–Trinajstić information content (AvgIpc) is 2.49. The van der Waals surface area contributed by atoms with Crippen molar-refractivity contribution in [1.82, 2.24) is 0 Å². The summed E-state index contributed by atoms with van der Waals surface area (Å²) >= 11 is 0. The van der Waals surface area contributed by atoms with Crippen LogP contribution in [0.1, 0.15) is 33.3 Å².